The van der Waals surface area contributed by atoms with Crippen LogP contribution in [0.1, 0.15) is 12.5 Å². The zero-order valence-electron chi connectivity index (χ0n) is 8.92. The van der Waals surface area contributed by atoms with Gasteiger partial charge in [-0.2, -0.15) is 0 Å². The van der Waals surface area contributed by atoms with Crippen LogP contribution in [0.2, 0.25) is 5.02 Å². The molecule has 0 fully saturated rings. The first-order valence-corrected chi connectivity index (χ1v) is 5.49. The second-order valence-corrected chi connectivity index (χ2v) is 3.92. The molecule has 0 aliphatic carbocycles. The first-order valence-electron chi connectivity index (χ1n) is 5.12. The number of carbonyl (C=O) groups excluding carboxylic acids is 1. The van der Waals surface area contributed by atoms with Crippen molar-refractivity contribution in [3.05, 3.63) is 35.0 Å². The third kappa shape index (κ3) is 2.19. The van der Waals surface area contributed by atoms with Crippen molar-refractivity contribution >= 4 is 28.5 Å². The van der Waals surface area contributed by atoms with Gasteiger partial charge >= 0.3 is 5.97 Å². The summed E-state index contributed by atoms with van der Waals surface area (Å²) >= 11 is 5.92. The summed E-state index contributed by atoms with van der Waals surface area (Å²) < 4.78 is 4.91. The number of carbonyl (C=O) groups is 1. The zero-order valence-corrected chi connectivity index (χ0v) is 9.67. The van der Waals surface area contributed by atoms with Gasteiger partial charge < -0.3 is 9.72 Å². The highest BCUT2D eigenvalue weighted by Crippen LogP contribution is 2.22. The van der Waals surface area contributed by atoms with Crippen molar-refractivity contribution in [3.8, 4) is 0 Å². The van der Waals surface area contributed by atoms with Crippen molar-refractivity contribution in [2.24, 2.45) is 0 Å². The molecule has 2 rings (SSSR count). The number of ether oxygens (including phenoxy) is 1. The number of aromatic amines is 1. The summed E-state index contributed by atoms with van der Waals surface area (Å²) in [6.45, 7) is 2.20. The zero-order chi connectivity index (χ0) is 11.5. The van der Waals surface area contributed by atoms with Gasteiger partial charge in [0, 0.05) is 22.1 Å². The van der Waals surface area contributed by atoms with Crippen molar-refractivity contribution in [1.82, 2.24) is 4.98 Å². The van der Waals surface area contributed by atoms with Gasteiger partial charge in [0.2, 0.25) is 0 Å². The highest BCUT2D eigenvalue weighted by atomic mass is 35.5. The fourth-order valence-corrected chi connectivity index (χ4v) is 1.84. The molecule has 16 heavy (non-hydrogen) atoms. The molecule has 0 saturated carbocycles. The normalized spacial score (nSPS) is 10.6. The third-order valence-corrected chi connectivity index (χ3v) is 2.60. The van der Waals surface area contributed by atoms with Gasteiger partial charge in [0.1, 0.15) is 0 Å². The summed E-state index contributed by atoms with van der Waals surface area (Å²) in [5, 5.41) is 1.64. The fraction of sp³-hybridized carbons (Fsp3) is 0.250. The maximum Gasteiger partial charge on any atom is 0.310 e. The van der Waals surface area contributed by atoms with Crippen LogP contribution in [-0.2, 0) is 16.0 Å². The molecule has 0 bridgehead atoms. The number of hydrogen-bond donors (Lipinski definition) is 1. The lowest BCUT2D eigenvalue weighted by molar-refractivity contribution is -0.142. The monoisotopic (exact) mass is 237 g/mol. The molecule has 84 valence electrons. The number of esters is 1. The minimum atomic E-state index is -0.219. The van der Waals surface area contributed by atoms with Crippen LogP contribution in [0.4, 0.5) is 0 Å². The molecule has 0 aliphatic rings. The Morgan fingerprint density at radius 2 is 2.31 bits per heavy atom. The Hall–Kier alpha value is -1.48. The number of nitrogens with one attached hydrogen (secondary N) is 1. The van der Waals surface area contributed by atoms with Crippen molar-refractivity contribution in [3.63, 3.8) is 0 Å². The highest BCUT2D eigenvalue weighted by Gasteiger charge is 2.09. The second-order valence-electron chi connectivity index (χ2n) is 3.49. The Labute approximate surface area is 98.4 Å². The van der Waals surface area contributed by atoms with Crippen LogP contribution in [0.5, 0.6) is 0 Å². The van der Waals surface area contributed by atoms with Crippen molar-refractivity contribution in [2.45, 2.75) is 13.3 Å². The van der Waals surface area contributed by atoms with Crippen molar-refractivity contribution in [2.75, 3.05) is 6.61 Å². The molecule has 1 heterocycles. The molecule has 4 heteroatoms. The number of H-pyrrole nitrogens is 1. The Morgan fingerprint density at radius 3 is 3.06 bits per heavy atom. The molecule has 2 aromatic rings. The first kappa shape index (κ1) is 11.0. The maximum atomic E-state index is 11.4. The molecule has 0 unspecified atom stereocenters. The minimum Gasteiger partial charge on any atom is -0.466 e. The molecule has 0 atom stereocenters. The van der Waals surface area contributed by atoms with E-state index in [9.17, 15) is 4.79 Å². The van der Waals surface area contributed by atoms with E-state index in [2.05, 4.69) is 4.98 Å². The van der Waals surface area contributed by atoms with Crippen LogP contribution < -0.4 is 0 Å². The summed E-state index contributed by atoms with van der Waals surface area (Å²) in [6, 6.07) is 5.56. The van der Waals surface area contributed by atoms with E-state index in [0.29, 0.717) is 11.6 Å². The third-order valence-electron chi connectivity index (χ3n) is 2.37. The summed E-state index contributed by atoms with van der Waals surface area (Å²) in [5.41, 5.74) is 1.89. The molecular formula is C12H12ClNO2. The van der Waals surface area contributed by atoms with Gasteiger partial charge in [0.05, 0.1) is 13.0 Å². The summed E-state index contributed by atoms with van der Waals surface area (Å²) in [5.74, 6) is -0.219. The largest absolute Gasteiger partial charge is 0.466 e. The van der Waals surface area contributed by atoms with Gasteiger partial charge in [-0.1, -0.05) is 11.6 Å². The molecule has 0 amide bonds. The van der Waals surface area contributed by atoms with Gasteiger partial charge in [-0.3, -0.25) is 4.79 Å². The Kier molecular flexibility index (Phi) is 3.15. The molecule has 1 N–H and O–H groups in total. The lowest BCUT2D eigenvalue weighted by atomic mass is 10.1. The minimum absolute atomic E-state index is 0.219. The van der Waals surface area contributed by atoms with E-state index in [1.54, 1.807) is 6.92 Å². The van der Waals surface area contributed by atoms with Crippen LogP contribution in [-0.4, -0.2) is 17.6 Å². The number of halogens is 1. The molecule has 3 nitrogen and oxygen atoms in total. The lowest BCUT2D eigenvalue weighted by Crippen LogP contribution is -2.06. The van der Waals surface area contributed by atoms with E-state index in [0.717, 1.165) is 16.5 Å². The Bertz CT molecular complexity index is 519. The molecule has 0 aliphatic heterocycles. The lowest BCUT2D eigenvalue weighted by Gasteiger charge is -2.00. The molecule has 0 radical (unpaired) electrons. The van der Waals surface area contributed by atoms with E-state index in [1.165, 1.54) is 0 Å². The van der Waals surface area contributed by atoms with Gasteiger partial charge in [-0.15, -0.1) is 0 Å². The number of fused-ring (bicyclic) bond motifs is 1. The van der Waals surface area contributed by atoms with E-state index < -0.39 is 0 Å². The predicted octanol–water partition coefficient (Wildman–Crippen LogP) is 2.93. The maximum absolute atomic E-state index is 11.4. The van der Waals surface area contributed by atoms with Gasteiger partial charge in [0.25, 0.3) is 0 Å². The number of aromatic nitrogens is 1. The van der Waals surface area contributed by atoms with Crippen LogP contribution in [0.25, 0.3) is 10.9 Å². The van der Waals surface area contributed by atoms with E-state index in [4.69, 9.17) is 16.3 Å². The van der Waals surface area contributed by atoms with Gasteiger partial charge in [-0.25, -0.2) is 0 Å². The molecule has 0 saturated heterocycles. The second kappa shape index (κ2) is 4.58. The predicted molar refractivity (Wildman–Crippen MR) is 63.6 cm³/mol. The molecule has 0 spiro atoms. The highest BCUT2D eigenvalue weighted by molar-refractivity contribution is 6.31. The molecular weight excluding hydrogens is 226 g/mol. The van der Waals surface area contributed by atoms with E-state index >= 15 is 0 Å². The van der Waals surface area contributed by atoms with Crippen LogP contribution >= 0.6 is 11.6 Å². The molecule has 1 aromatic carbocycles. The number of benzene rings is 1. The summed E-state index contributed by atoms with van der Waals surface area (Å²) in [7, 11) is 0. The average Bonchev–Trinajstić information content (AvgIpc) is 2.61. The van der Waals surface area contributed by atoms with Crippen LogP contribution in [0.15, 0.2) is 24.4 Å². The van der Waals surface area contributed by atoms with Crippen molar-refractivity contribution < 1.29 is 9.53 Å². The van der Waals surface area contributed by atoms with E-state index in [-0.39, 0.29) is 12.4 Å². The quantitative estimate of drug-likeness (QED) is 0.834. The Balaban J connectivity index is 2.30. The number of rotatable bonds is 3. The standard InChI is InChI=1S/C12H12ClNO2/c1-2-16-12(15)5-8-7-14-11-4-3-9(13)6-10(8)11/h3-4,6-7,14H,2,5H2,1H3. The summed E-state index contributed by atoms with van der Waals surface area (Å²) in [6.07, 6.45) is 2.09. The van der Waals surface area contributed by atoms with Crippen molar-refractivity contribution in [1.29, 1.82) is 0 Å². The van der Waals surface area contributed by atoms with Gasteiger partial charge in [-0.05, 0) is 30.7 Å². The SMILES string of the molecule is CCOC(=O)Cc1c[nH]c2ccc(Cl)cc12. The van der Waals surface area contributed by atoms with E-state index in [1.807, 2.05) is 24.4 Å². The fourth-order valence-electron chi connectivity index (χ4n) is 1.66. The smallest absolute Gasteiger partial charge is 0.310 e. The summed E-state index contributed by atoms with van der Waals surface area (Å²) in [4.78, 5) is 14.5. The van der Waals surface area contributed by atoms with Crippen LogP contribution in [0.3, 0.4) is 0 Å². The van der Waals surface area contributed by atoms with Crippen LogP contribution in [0, 0.1) is 0 Å². The first-order chi connectivity index (χ1) is 7.70. The van der Waals surface area contributed by atoms with Gasteiger partial charge in [0.15, 0.2) is 0 Å². The molecule has 1 aromatic heterocycles. The average molecular weight is 238 g/mol. The topological polar surface area (TPSA) is 42.1 Å². The Morgan fingerprint density at radius 1 is 1.50 bits per heavy atom. The number of hydrogen-bond acceptors (Lipinski definition) is 2.